The topological polar surface area (TPSA) is 40.5 Å². The van der Waals surface area contributed by atoms with E-state index in [1.165, 1.54) is 6.92 Å². The summed E-state index contributed by atoms with van der Waals surface area (Å²) in [5.41, 5.74) is 0. The summed E-state index contributed by atoms with van der Waals surface area (Å²) in [6, 6.07) is 0. The van der Waals surface area contributed by atoms with E-state index < -0.39 is 0 Å². The van der Waals surface area contributed by atoms with Gasteiger partial charge in [0.1, 0.15) is 0 Å². The van der Waals surface area contributed by atoms with Crippen LogP contribution in [0.4, 0.5) is 0 Å². The third-order valence-corrected chi connectivity index (χ3v) is 1.61. The summed E-state index contributed by atoms with van der Waals surface area (Å²) >= 11 is 0. The second-order valence-electron chi connectivity index (χ2n) is 2.41. The van der Waals surface area contributed by atoms with Crippen LogP contribution in [0, 0.1) is 0 Å². The standard InChI is InChI=1S/C6H11NO2.CH4/c1-5(8)7-3-2-6(9)4-7;/h6,9H,2-4H2,1H3;1H4. The lowest BCUT2D eigenvalue weighted by Crippen LogP contribution is -2.26. The summed E-state index contributed by atoms with van der Waals surface area (Å²) in [6.45, 7) is 2.77. The van der Waals surface area contributed by atoms with Crippen LogP contribution in [0.5, 0.6) is 0 Å². The molecule has 0 aromatic heterocycles. The molecule has 1 aliphatic heterocycles. The van der Waals surface area contributed by atoms with Gasteiger partial charge in [-0.15, -0.1) is 0 Å². The van der Waals surface area contributed by atoms with Gasteiger partial charge in [0.25, 0.3) is 0 Å². The second kappa shape index (κ2) is 3.56. The monoisotopic (exact) mass is 145 g/mol. The van der Waals surface area contributed by atoms with Crippen molar-refractivity contribution in [3.8, 4) is 0 Å². The van der Waals surface area contributed by atoms with E-state index in [9.17, 15) is 4.79 Å². The van der Waals surface area contributed by atoms with E-state index in [2.05, 4.69) is 0 Å². The number of amides is 1. The first-order valence-electron chi connectivity index (χ1n) is 3.13. The van der Waals surface area contributed by atoms with Crippen molar-refractivity contribution in [1.82, 2.24) is 4.90 Å². The third-order valence-electron chi connectivity index (χ3n) is 1.61. The number of carbonyl (C=O) groups excluding carboxylic acids is 1. The van der Waals surface area contributed by atoms with Crippen LogP contribution in [-0.4, -0.2) is 35.1 Å². The molecule has 1 aliphatic rings. The Morgan fingerprint density at radius 3 is 2.50 bits per heavy atom. The lowest BCUT2D eigenvalue weighted by Gasteiger charge is -2.10. The maximum Gasteiger partial charge on any atom is 0.219 e. The molecule has 1 amide bonds. The number of likely N-dealkylation sites (tertiary alicyclic amines) is 1. The molecule has 0 radical (unpaired) electrons. The van der Waals surface area contributed by atoms with Crippen LogP contribution in [0.2, 0.25) is 0 Å². The van der Waals surface area contributed by atoms with Gasteiger partial charge in [0.05, 0.1) is 6.10 Å². The molecule has 0 bridgehead atoms. The molecule has 1 N–H and O–H groups in total. The molecule has 3 nitrogen and oxygen atoms in total. The average molecular weight is 145 g/mol. The van der Waals surface area contributed by atoms with Gasteiger partial charge in [-0.05, 0) is 6.42 Å². The van der Waals surface area contributed by atoms with Gasteiger partial charge in [-0.2, -0.15) is 0 Å². The van der Waals surface area contributed by atoms with Gasteiger partial charge < -0.3 is 10.0 Å². The Balaban J connectivity index is 0.000000810. The zero-order valence-corrected chi connectivity index (χ0v) is 5.50. The molecule has 0 saturated carbocycles. The van der Waals surface area contributed by atoms with Crippen LogP contribution in [0.25, 0.3) is 0 Å². The van der Waals surface area contributed by atoms with Crippen LogP contribution in [0.1, 0.15) is 20.8 Å². The smallest absolute Gasteiger partial charge is 0.219 e. The maximum absolute atomic E-state index is 10.6. The van der Waals surface area contributed by atoms with E-state index in [1.54, 1.807) is 4.90 Å². The number of hydrogen-bond donors (Lipinski definition) is 1. The van der Waals surface area contributed by atoms with Crippen molar-refractivity contribution >= 4 is 5.91 Å². The van der Waals surface area contributed by atoms with E-state index in [4.69, 9.17) is 5.11 Å². The first-order valence-corrected chi connectivity index (χ1v) is 3.13. The predicted octanol–water partition coefficient (Wildman–Crippen LogP) is 0.236. The predicted molar refractivity (Wildman–Crippen MR) is 39.6 cm³/mol. The Morgan fingerprint density at radius 2 is 2.30 bits per heavy atom. The van der Waals surface area contributed by atoms with Gasteiger partial charge >= 0.3 is 0 Å². The molecule has 0 spiro atoms. The number of aliphatic hydroxyl groups is 1. The normalized spacial score (nSPS) is 24.2. The van der Waals surface area contributed by atoms with Crippen molar-refractivity contribution in [2.45, 2.75) is 26.9 Å². The second-order valence-corrected chi connectivity index (χ2v) is 2.41. The van der Waals surface area contributed by atoms with E-state index in [-0.39, 0.29) is 19.4 Å². The summed E-state index contributed by atoms with van der Waals surface area (Å²) in [4.78, 5) is 12.3. The highest BCUT2D eigenvalue weighted by atomic mass is 16.3. The molecule has 1 saturated heterocycles. The van der Waals surface area contributed by atoms with Crippen molar-refractivity contribution in [1.29, 1.82) is 0 Å². The number of aliphatic hydroxyl groups excluding tert-OH is 1. The van der Waals surface area contributed by atoms with Crippen molar-refractivity contribution < 1.29 is 9.90 Å². The van der Waals surface area contributed by atoms with Gasteiger partial charge in [-0.1, -0.05) is 7.43 Å². The number of carbonyl (C=O) groups is 1. The first-order chi connectivity index (χ1) is 4.20. The molecule has 3 heteroatoms. The molecular weight excluding hydrogens is 130 g/mol. The quantitative estimate of drug-likeness (QED) is 0.530. The average Bonchev–Trinajstić information content (AvgIpc) is 2.14. The van der Waals surface area contributed by atoms with E-state index in [0.717, 1.165) is 13.0 Å². The molecule has 0 aromatic carbocycles. The molecule has 0 aromatic rings. The first kappa shape index (κ1) is 9.43. The molecule has 1 unspecified atom stereocenters. The summed E-state index contributed by atoms with van der Waals surface area (Å²) in [7, 11) is 0. The zero-order valence-electron chi connectivity index (χ0n) is 5.50. The fourth-order valence-electron chi connectivity index (χ4n) is 1.03. The molecule has 10 heavy (non-hydrogen) atoms. The SMILES string of the molecule is C.CC(=O)N1CCC(O)C1. The Hall–Kier alpha value is -0.570. The summed E-state index contributed by atoms with van der Waals surface area (Å²) in [5, 5.41) is 8.95. The van der Waals surface area contributed by atoms with Gasteiger partial charge in [0, 0.05) is 20.0 Å². The maximum atomic E-state index is 10.6. The van der Waals surface area contributed by atoms with Gasteiger partial charge in [-0.25, -0.2) is 0 Å². The van der Waals surface area contributed by atoms with Crippen LogP contribution < -0.4 is 0 Å². The van der Waals surface area contributed by atoms with Crippen molar-refractivity contribution in [3.05, 3.63) is 0 Å². The van der Waals surface area contributed by atoms with Crippen molar-refractivity contribution in [2.24, 2.45) is 0 Å². The van der Waals surface area contributed by atoms with Crippen LogP contribution in [0.3, 0.4) is 0 Å². The fraction of sp³-hybridized carbons (Fsp3) is 0.857. The van der Waals surface area contributed by atoms with Crippen LogP contribution in [-0.2, 0) is 4.79 Å². The van der Waals surface area contributed by atoms with Crippen molar-refractivity contribution in [3.63, 3.8) is 0 Å². The lowest BCUT2D eigenvalue weighted by atomic mass is 10.3. The Bertz CT molecular complexity index is 125. The Morgan fingerprint density at radius 1 is 1.70 bits per heavy atom. The number of hydrogen-bond acceptors (Lipinski definition) is 2. The van der Waals surface area contributed by atoms with E-state index in [0.29, 0.717) is 6.54 Å². The lowest BCUT2D eigenvalue weighted by molar-refractivity contribution is -0.128. The molecule has 1 atom stereocenters. The van der Waals surface area contributed by atoms with Gasteiger partial charge in [0.15, 0.2) is 0 Å². The number of β-amino-alcohol motifs (C(OH)–C–C–N with tert-alkyl or cyclic N) is 1. The highest BCUT2D eigenvalue weighted by molar-refractivity contribution is 5.73. The third kappa shape index (κ3) is 1.99. The molecule has 1 heterocycles. The van der Waals surface area contributed by atoms with Crippen molar-refractivity contribution in [2.75, 3.05) is 13.1 Å². The van der Waals surface area contributed by atoms with E-state index >= 15 is 0 Å². The van der Waals surface area contributed by atoms with Gasteiger partial charge in [-0.3, -0.25) is 4.79 Å². The summed E-state index contributed by atoms with van der Waals surface area (Å²) < 4.78 is 0. The molecular formula is C7H15NO2. The van der Waals surface area contributed by atoms with Gasteiger partial charge in [0.2, 0.25) is 5.91 Å². The molecule has 1 rings (SSSR count). The summed E-state index contributed by atoms with van der Waals surface area (Å²) in [5.74, 6) is 0.0616. The minimum atomic E-state index is -0.283. The minimum absolute atomic E-state index is 0. The zero-order chi connectivity index (χ0) is 6.85. The largest absolute Gasteiger partial charge is 0.391 e. The fourth-order valence-corrected chi connectivity index (χ4v) is 1.03. The van der Waals surface area contributed by atoms with Crippen LogP contribution in [0.15, 0.2) is 0 Å². The molecule has 1 fully saturated rings. The van der Waals surface area contributed by atoms with E-state index in [1.807, 2.05) is 0 Å². The Labute approximate surface area is 61.6 Å². The number of rotatable bonds is 0. The van der Waals surface area contributed by atoms with Crippen LogP contribution >= 0.6 is 0 Å². The highest BCUT2D eigenvalue weighted by Gasteiger charge is 2.21. The molecule has 60 valence electrons. The summed E-state index contributed by atoms with van der Waals surface area (Å²) in [6.07, 6.45) is 0.452. The molecule has 0 aliphatic carbocycles. The highest BCUT2D eigenvalue weighted by Crippen LogP contribution is 2.07. The Kier molecular flexibility index (Phi) is 3.36. The number of nitrogens with zero attached hydrogens (tertiary/aromatic N) is 1. The minimum Gasteiger partial charge on any atom is -0.391 e.